The molecule has 0 saturated heterocycles. The van der Waals surface area contributed by atoms with Gasteiger partial charge in [-0.15, -0.1) is 0 Å². The zero-order valence-corrected chi connectivity index (χ0v) is 11.6. The van der Waals surface area contributed by atoms with Gasteiger partial charge < -0.3 is 0 Å². The third kappa shape index (κ3) is 4.33. The summed E-state index contributed by atoms with van der Waals surface area (Å²) in [4.78, 5) is 0. The molecular formula is C13H12F2O2S2. The van der Waals surface area contributed by atoms with Crippen molar-refractivity contribution in [2.75, 3.05) is 0 Å². The SMILES string of the molecule is O=S(=O)(F)F.S.c1ccc2c(c1)Cc1ccccc1-2. The third-order valence-corrected chi connectivity index (χ3v) is 2.71. The predicted molar refractivity (Wildman–Crippen MR) is 76.2 cm³/mol. The van der Waals surface area contributed by atoms with E-state index in [4.69, 9.17) is 8.42 Å². The van der Waals surface area contributed by atoms with Crippen LogP contribution in [0.15, 0.2) is 48.5 Å². The van der Waals surface area contributed by atoms with Crippen molar-refractivity contribution in [1.29, 1.82) is 0 Å². The molecule has 1 aliphatic carbocycles. The first kappa shape index (κ1) is 15.7. The van der Waals surface area contributed by atoms with Gasteiger partial charge in [0.1, 0.15) is 0 Å². The predicted octanol–water partition coefficient (Wildman–Crippen LogP) is 3.54. The second kappa shape index (κ2) is 6.16. The van der Waals surface area contributed by atoms with Crippen molar-refractivity contribution in [3.63, 3.8) is 0 Å². The van der Waals surface area contributed by atoms with Gasteiger partial charge in [-0.2, -0.15) is 21.9 Å². The fourth-order valence-electron chi connectivity index (χ4n) is 2.08. The van der Waals surface area contributed by atoms with Crippen molar-refractivity contribution in [2.24, 2.45) is 0 Å². The van der Waals surface area contributed by atoms with Gasteiger partial charge in [0.2, 0.25) is 0 Å². The lowest BCUT2D eigenvalue weighted by molar-refractivity contribution is 0.501. The van der Waals surface area contributed by atoms with E-state index in [2.05, 4.69) is 48.5 Å². The molecule has 1 aliphatic rings. The van der Waals surface area contributed by atoms with E-state index < -0.39 is 10.6 Å². The summed E-state index contributed by atoms with van der Waals surface area (Å²) >= 11 is 0. The lowest BCUT2D eigenvalue weighted by Gasteiger charge is -1.98. The number of hydrogen-bond acceptors (Lipinski definition) is 2. The minimum Gasteiger partial charge on any atom is -0.197 e. The molecule has 102 valence electrons. The summed E-state index contributed by atoms with van der Waals surface area (Å²) in [6, 6.07) is 17.3. The van der Waals surface area contributed by atoms with E-state index in [1.54, 1.807) is 0 Å². The Bertz CT molecular complexity index is 618. The Morgan fingerprint density at radius 1 is 0.789 bits per heavy atom. The summed E-state index contributed by atoms with van der Waals surface area (Å²) in [6.07, 6.45) is 1.10. The molecule has 0 aliphatic heterocycles. The zero-order valence-electron chi connectivity index (χ0n) is 9.81. The maximum Gasteiger partial charge on any atom is 0.476 e. The molecule has 0 radical (unpaired) electrons. The first-order valence-corrected chi connectivity index (χ1v) is 6.54. The standard InChI is InChI=1S/C13H10.F2O2S.H2S/c1-3-7-12-10(5-1)9-11-6-2-4-8-13(11)12;1-5(2,3)4;/h1-8H,9H2;;1H2. The highest BCUT2D eigenvalue weighted by molar-refractivity contribution is 7.81. The van der Waals surface area contributed by atoms with Gasteiger partial charge in [-0.3, -0.25) is 0 Å². The van der Waals surface area contributed by atoms with Crippen LogP contribution in [-0.4, -0.2) is 8.42 Å². The monoisotopic (exact) mass is 302 g/mol. The molecule has 0 unspecified atom stereocenters. The van der Waals surface area contributed by atoms with Crippen molar-refractivity contribution < 1.29 is 16.2 Å². The highest BCUT2D eigenvalue weighted by atomic mass is 32.3. The first-order chi connectivity index (χ1) is 8.45. The van der Waals surface area contributed by atoms with Crippen molar-refractivity contribution in [2.45, 2.75) is 6.42 Å². The van der Waals surface area contributed by atoms with E-state index in [-0.39, 0.29) is 13.5 Å². The molecule has 2 aromatic carbocycles. The number of benzene rings is 2. The highest BCUT2D eigenvalue weighted by Crippen LogP contribution is 2.35. The van der Waals surface area contributed by atoms with Crippen LogP contribution in [0.5, 0.6) is 0 Å². The summed E-state index contributed by atoms with van der Waals surface area (Å²) in [5.74, 6) is 0. The van der Waals surface area contributed by atoms with Crippen molar-refractivity contribution >= 4 is 24.1 Å². The van der Waals surface area contributed by atoms with Gasteiger partial charge in [0.25, 0.3) is 0 Å². The second-order valence-corrected chi connectivity index (χ2v) is 4.63. The Morgan fingerprint density at radius 3 is 1.47 bits per heavy atom. The molecule has 3 rings (SSSR count). The summed E-state index contributed by atoms with van der Waals surface area (Å²) in [6.45, 7) is 0. The highest BCUT2D eigenvalue weighted by Gasteiger charge is 2.15. The van der Waals surface area contributed by atoms with Crippen LogP contribution in [-0.2, 0) is 17.0 Å². The molecule has 0 amide bonds. The zero-order chi connectivity index (χ0) is 13.2. The molecule has 0 N–H and O–H groups in total. The van der Waals surface area contributed by atoms with Crippen LogP contribution in [0, 0.1) is 0 Å². The van der Waals surface area contributed by atoms with Gasteiger partial charge in [0.15, 0.2) is 0 Å². The fourth-order valence-corrected chi connectivity index (χ4v) is 2.08. The minimum atomic E-state index is -5.67. The molecule has 2 nitrogen and oxygen atoms in total. The van der Waals surface area contributed by atoms with Crippen LogP contribution in [0.1, 0.15) is 11.1 Å². The molecule has 6 heteroatoms. The Kier molecular flexibility index (Phi) is 5.08. The van der Waals surface area contributed by atoms with Gasteiger partial charge in [-0.25, -0.2) is 0 Å². The Balaban J connectivity index is 0.000000265. The number of fused-ring (bicyclic) bond motifs is 3. The van der Waals surface area contributed by atoms with Gasteiger partial charge in [0, 0.05) is 0 Å². The molecule has 0 atom stereocenters. The molecular weight excluding hydrogens is 290 g/mol. The van der Waals surface area contributed by atoms with E-state index in [0.29, 0.717) is 0 Å². The van der Waals surface area contributed by atoms with E-state index in [9.17, 15) is 7.77 Å². The van der Waals surface area contributed by atoms with Gasteiger partial charge in [-0.05, 0) is 28.7 Å². The summed E-state index contributed by atoms with van der Waals surface area (Å²) in [5, 5.41) is 0. The van der Waals surface area contributed by atoms with Gasteiger partial charge >= 0.3 is 10.6 Å². The average Bonchev–Trinajstić information content (AvgIpc) is 2.65. The molecule has 0 fully saturated rings. The Morgan fingerprint density at radius 2 is 1.11 bits per heavy atom. The lowest BCUT2D eigenvalue weighted by atomic mass is 10.1. The van der Waals surface area contributed by atoms with Crippen molar-refractivity contribution in [3.8, 4) is 11.1 Å². The molecule has 0 bridgehead atoms. The third-order valence-electron chi connectivity index (χ3n) is 2.71. The van der Waals surface area contributed by atoms with E-state index in [1.165, 1.54) is 22.3 Å². The van der Waals surface area contributed by atoms with Crippen molar-refractivity contribution in [3.05, 3.63) is 59.7 Å². The molecule has 0 spiro atoms. The van der Waals surface area contributed by atoms with Crippen LogP contribution in [0.25, 0.3) is 11.1 Å². The van der Waals surface area contributed by atoms with Crippen LogP contribution < -0.4 is 0 Å². The quantitative estimate of drug-likeness (QED) is 0.595. The smallest absolute Gasteiger partial charge is 0.197 e. The van der Waals surface area contributed by atoms with E-state index in [1.807, 2.05) is 0 Å². The second-order valence-electron chi connectivity index (χ2n) is 3.87. The van der Waals surface area contributed by atoms with Crippen LogP contribution in [0.2, 0.25) is 0 Å². The fraction of sp³-hybridized carbons (Fsp3) is 0.0769. The topological polar surface area (TPSA) is 34.1 Å². The van der Waals surface area contributed by atoms with Gasteiger partial charge in [0.05, 0.1) is 0 Å². The molecule has 2 aromatic rings. The minimum absolute atomic E-state index is 0. The Hall–Kier alpha value is -1.40. The first-order valence-electron chi connectivity index (χ1n) is 5.25. The Labute approximate surface area is 118 Å². The van der Waals surface area contributed by atoms with Crippen LogP contribution in [0.4, 0.5) is 7.77 Å². The largest absolute Gasteiger partial charge is 0.476 e. The summed E-state index contributed by atoms with van der Waals surface area (Å²) < 4.78 is 36.6. The van der Waals surface area contributed by atoms with Crippen molar-refractivity contribution in [1.82, 2.24) is 0 Å². The summed E-state index contributed by atoms with van der Waals surface area (Å²) in [7, 11) is -5.67. The maximum absolute atomic E-state index is 9.99. The molecule has 0 heterocycles. The molecule has 19 heavy (non-hydrogen) atoms. The molecule has 0 aromatic heterocycles. The van der Waals surface area contributed by atoms with Crippen LogP contribution in [0.3, 0.4) is 0 Å². The lowest BCUT2D eigenvalue weighted by Crippen LogP contribution is -1.77. The maximum atomic E-state index is 9.99. The number of rotatable bonds is 0. The van der Waals surface area contributed by atoms with E-state index >= 15 is 0 Å². The molecule has 0 saturated carbocycles. The average molecular weight is 302 g/mol. The normalized spacial score (nSPS) is 11.5. The van der Waals surface area contributed by atoms with Gasteiger partial charge in [-0.1, -0.05) is 56.3 Å². The number of halogens is 2. The van der Waals surface area contributed by atoms with E-state index in [0.717, 1.165) is 6.42 Å². The summed E-state index contributed by atoms with van der Waals surface area (Å²) in [5.41, 5.74) is 5.75. The number of hydrogen-bond donors (Lipinski definition) is 0. The van der Waals surface area contributed by atoms with Crippen LogP contribution >= 0.6 is 13.5 Å².